The number of aryl methyl sites for hydroxylation is 1. The Morgan fingerprint density at radius 3 is 3.14 bits per heavy atom. The molecule has 1 unspecified atom stereocenters. The average Bonchev–Trinajstić information content (AvgIpc) is 2.44. The van der Waals surface area contributed by atoms with Crippen molar-refractivity contribution in [2.24, 2.45) is 5.73 Å². The van der Waals surface area contributed by atoms with Crippen LogP contribution in [0.4, 0.5) is 0 Å². The van der Waals surface area contributed by atoms with Gasteiger partial charge in [-0.3, -0.25) is 0 Å². The van der Waals surface area contributed by atoms with Crippen molar-refractivity contribution in [1.29, 1.82) is 0 Å². The highest BCUT2D eigenvalue weighted by atomic mass is 79.9. The van der Waals surface area contributed by atoms with Crippen LogP contribution in [-0.4, -0.2) is 15.6 Å². The van der Waals surface area contributed by atoms with Crippen molar-refractivity contribution in [2.45, 2.75) is 45.2 Å². The van der Waals surface area contributed by atoms with Gasteiger partial charge in [0.25, 0.3) is 0 Å². The topological polar surface area (TPSA) is 43.8 Å². The second-order valence-electron chi connectivity index (χ2n) is 3.93. The summed E-state index contributed by atoms with van der Waals surface area (Å²) in [6.45, 7) is 3.10. The molecular formula is C10H16BrN3. The molecule has 1 aliphatic heterocycles. The minimum absolute atomic E-state index is 0.294. The quantitative estimate of drug-likeness (QED) is 0.880. The van der Waals surface area contributed by atoms with E-state index in [4.69, 9.17) is 5.73 Å². The van der Waals surface area contributed by atoms with Crippen LogP contribution in [0, 0.1) is 0 Å². The highest BCUT2D eigenvalue weighted by Gasteiger charge is 2.21. The van der Waals surface area contributed by atoms with Gasteiger partial charge >= 0.3 is 0 Å². The van der Waals surface area contributed by atoms with Gasteiger partial charge in [-0.25, -0.2) is 4.98 Å². The molecule has 14 heavy (non-hydrogen) atoms. The van der Waals surface area contributed by atoms with Crippen molar-refractivity contribution < 1.29 is 0 Å². The summed E-state index contributed by atoms with van der Waals surface area (Å²) >= 11 is 3.50. The highest BCUT2D eigenvalue weighted by molar-refractivity contribution is 9.10. The third-order valence-corrected chi connectivity index (χ3v) is 3.37. The lowest BCUT2D eigenvalue weighted by Crippen LogP contribution is -2.32. The van der Waals surface area contributed by atoms with Gasteiger partial charge in [-0.1, -0.05) is 13.3 Å². The second-order valence-corrected chi connectivity index (χ2v) is 4.64. The predicted molar refractivity (Wildman–Crippen MR) is 60.2 cm³/mol. The van der Waals surface area contributed by atoms with E-state index in [-0.39, 0.29) is 0 Å². The molecule has 0 saturated heterocycles. The number of hydrogen-bond acceptors (Lipinski definition) is 2. The first-order valence-corrected chi connectivity index (χ1v) is 6.01. The molecule has 1 atom stereocenters. The Balaban J connectivity index is 2.33. The summed E-state index contributed by atoms with van der Waals surface area (Å²) in [6, 6.07) is 0.294. The molecule has 2 heterocycles. The van der Waals surface area contributed by atoms with E-state index in [1.165, 1.54) is 11.4 Å². The van der Waals surface area contributed by atoms with Crippen LogP contribution in [0.5, 0.6) is 0 Å². The molecule has 0 aliphatic carbocycles. The third-order valence-electron chi connectivity index (χ3n) is 2.76. The molecule has 4 heteroatoms. The van der Waals surface area contributed by atoms with Crippen LogP contribution >= 0.6 is 15.9 Å². The van der Waals surface area contributed by atoms with E-state index in [1.54, 1.807) is 0 Å². The fourth-order valence-electron chi connectivity index (χ4n) is 2.05. The predicted octanol–water partition coefficient (Wildman–Crippen LogP) is 1.87. The summed E-state index contributed by atoms with van der Waals surface area (Å²) < 4.78 is 3.17. The molecule has 1 aliphatic rings. The Morgan fingerprint density at radius 1 is 1.64 bits per heavy atom. The van der Waals surface area contributed by atoms with Gasteiger partial charge in [0.15, 0.2) is 4.73 Å². The van der Waals surface area contributed by atoms with Gasteiger partial charge in [-0.15, -0.1) is 0 Å². The van der Waals surface area contributed by atoms with E-state index in [0.717, 1.165) is 37.0 Å². The molecule has 1 aromatic heterocycles. The fourth-order valence-corrected chi connectivity index (χ4v) is 2.63. The maximum Gasteiger partial charge on any atom is 0.177 e. The number of nitrogens with zero attached hydrogens (tertiary/aromatic N) is 2. The van der Waals surface area contributed by atoms with Gasteiger partial charge in [0.2, 0.25) is 0 Å². The molecular weight excluding hydrogens is 242 g/mol. The molecule has 2 N–H and O–H groups in total. The lowest BCUT2D eigenvalue weighted by atomic mass is 10.0. The molecule has 0 amide bonds. The summed E-state index contributed by atoms with van der Waals surface area (Å²) in [6.07, 6.45) is 4.41. The number of halogens is 1. The fraction of sp³-hybridized carbons (Fsp3) is 0.700. The first-order chi connectivity index (χ1) is 6.72. The van der Waals surface area contributed by atoms with Crippen molar-refractivity contribution in [1.82, 2.24) is 9.55 Å². The second kappa shape index (κ2) is 4.03. The molecule has 78 valence electrons. The van der Waals surface area contributed by atoms with Crippen molar-refractivity contribution in [2.75, 3.05) is 0 Å². The van der Waals surface area contributed by atoms with Crippen LogP contribution < -0.4 is 5.73 Å². The summed E-state index contributed by atoms with van der Waals surface area (Å²) in [4.78, 5) is 4.54. The minimum Gasteiger partial charge on any atom is -0.326 e. The van der Waals surface area contributed by atoms with Crippen molar-refractivity contribution in [3.05, 3.63) is 16.1 Å². The zero-order valence-electron chi connectivity index (χ0n) is 8.46. The number of rotatable bonds is 2. The first-order valence-electron chi connectivity index (χ1n) is 5.21. The van der Waals surface area contributed by atoms with E-state index in [1.807, 2.05) is 0 Å². The van der Waals surface area contributed by atoms with Gasteiger partial charge in [0.1, 0.15) is 0 Å². The number of nitrogens with two attached hydrogens (primary N) is 1. The average molecular weight is 258 g/mol. The van der Waals surface area contributed by atoms with Gasteiger partial charge < -0.3 is 10.3 Å². The third kappa shape index (κ3) is 1.73. The molecule has 3 nitrogen and oxygen atoms in total. The van der Waals surface area contributed by atoms with Gasteiger partial charge in [0, 0.05) is 18.3 Å². The van der Waals surface area contributed by atoms with Gasteiger partial charge in [-0.2, -0.15) is 0 Å². The van der Waals surface area contributed by atoms with Crippen LogP contribution in [0.3, 0.4) is 0 Å². The van der Waals surface area contributed by atoms with Crippen molar-refractivity contribution in [3.63, 3.8) is 0 Å². The molecule has 0 fully saturated rings. The smallest absolute Gasteiger partial charge is 0.177 e. The molecule has 0 spiro atoms. The monoisotopic (exact) mass is 257 g/mol. The zero-order valence-corrected chi connectivity index (χ0v) is 10.0. The number of fused-ring (bicyclic) bond motifs is 1. The van der Waals surface area contributed by atoms with E-state index in [9.17, 15) is 0 Å². The molecule has 1 aromatic rings. The van der Waals surface area contributed by atoms with Crippen molar-refractivity contribution >= 4 is 15.9 Å². The number of aromatic nitrogens is 2. The molecule has 0 aromatic carbocycles. The molecule has 0 saturated carbocycles. The Kier molecular flexibility index (Phi) is 2.93. The number of imidazole rings is 1. The SMILES string of the molecule is CCCc1nc(Br)n2c1CCC(N)C2. The maximum atomic E-state index is 5.93. The van der Waals surface area contributed by atoms with E-state index in [2.05, 4.69) is 32.4 Å². The summed E-state index contributed by atoms with van der Waals surface area (Å²) in [5, 5.41) is 0. The zero-order chi connectivity index (χ0) is 10.1. The van der Waals surface area contributed by atoms with E-state index in [0.29, 0.717) is 6.04 Å². The van der Waals surface area contributed by atoms with Crippen LogP contribution in [0.15, 0.2) is 4.73 Å². The minimum atomic E-state index is 0.294. The van der Waals surface area contributed by atoms with Crippen LogP contribution in [-0.2, 0) is 19.4 Å². The van der Waals surface area contributed by atoms with Gasteiger partial charge in [0.05, 0.1) is 5.69 Å². The van der Waals surface area contributed by atoms with Crippen LogP contribution in [0.2, 0.25) is 0 Å². The largest absolute Gasteiger partial charge is 0.326 e. The molecule has 2 rings (SSSR count). The summed E-state index contributed by atoms with van der Waals surface area (Å²) in [5.41, 5.74) is 8.58. The Hall–Kier alpha value is -0.350. The maximum absolute atomic E-state index is 5.93. The van der Waals surface area contributed by atoms with Crippen molar-refractivity contribution in [3.8, 4) is 0 Å². The first kappa shape index (κ1) is 10.2. The Labute approximate surface area is 92.8 Å². The number of hydrogen-bond donors (Lipinski definition) is 1. The summed E-state index contributed by atoms with van der Waals surface area (Å²) in [5.74, 6) is 0. The normalized spacial score (nSPS) is 20.9. The van der Waals surface area contributed by atoms with Crippen LogP contribution in [0.1, 0.15) is 31.2 Å². The van der Waals surface area contributed by atoms with Gasteiger partial charge in [-0.05, 0) is 35.2 Å². The molecule has 0 radical (unpaired) electrons. The lowest BCUT2D eigenvalue weighted by Gasteiger charge is -2.21. The Bertz CT molecular complexity index is 332. The lowest BCUT2D eigenvalue weighted by molar-refractivity contribution is 0.453. The highest BCUT2D eigenvalue weighted by Crippen LogP contribution is 2.24. The molecule has 0 bridgehead atoms. The van der Waals surface area contributed by atoms with Crippen LogP contribution in [0.25, 0.3) is 0 Å². The van der Waals surface area contributed by atoms with E-state index < -0.39 is 0 Å². The Morgan fingerprint density at radius 2 is 2.43 bits per heavy atom. The standard InChI is InChI=1S/C10H16BrN3/c1-2-3-8-9-5-4-7(12)6-14(9)10(11)13-8/h7H,2-6,12H2,1H3. The van der Waals surface area contributed by atoms with E-state index >= 15 is 0 Å². The summed E-state index contributed by atoms with van der Waals surface area (Å²) in [7, 11) is 0.